The first-order valence-electron chi connectivity index (χ1n) is 7.69. The number of hydrogen-bond acceptors (Lipinski definition) is 3. The number of likely N-dealkylation sites (N-methyl/N-ethyl adjacent to an activating group) is 1. The Bertz CT molecular complexity index is 375. The lowest BCUT2D eigenvalue weighted by molar-refractivity contribution is 0.131. The van der Waals surface area contributed by atoms with Crippen molar-refractivity contribution in [3.63, 3.8) is 0 Å². The molecule has 0 bridgehead atoms. The standard InChI is InChI=1S/C17H30N2O/c1-5-11-17(6-2,19(3)4)14-15-7-9-16(10-8-15)18-12-13-20/h7-10,18,20H,5-6,11-14H2,1-4H3. The summed E-state index contributed by atoms with van der Waals surface area (Å²) in [5, 5.41) is 12.0. The highest BCUT2D eigenvalue weighted by molar-refractivity contribution is 5.44. The number of benzene rings is 1. The Morgan fingerprint density at radius 3 is 2.25 bits per heavy atom. The molecule has 1 atom stereocenters. The molecule has 114 valence electrons. The number of aliphatic hydroxyl groups excluding tert-OH is 1. The summed E-state index contributed by atoms with van der Waals surface area (Å²) in [6.07, 6.45) is 4.69. The number of rotatable bonds is 9. The predicted octanol–water partition coefficient (Wildman–Crippen LogP) is 3.14. The molecule has 3 nitrogen and oxygen atoms in total. The van der Waals surface area contributed by atoms with Crippen molar-refractivity contribution in [2.75, 3.05) is 32.6 Å². The van der Waals surface area contributed by atoms with Gasteiger partial charge in [0.15, 0.2) is 0 Å². The third kappa shape index (κ3) is 4.50. The van der Waals surface area contributed by atoms with Gasteiger partial charge in [0.05, 0.1) is 6.61 Å². The van der Waals surface area contributed by atoms with Gasteiger partial charge in [-0.1, -0.05) is 32.4 Å². The molecule has 0 aromatic heterocycles. The Hall–Kier alpha value is -1.06. The van der Waals surface area contributed by atoms with Crippen LogP contribution in [0.4, 0.5) is 5.69 Å². The molecule has 0 spiro atoms. The summed E-state index contributed by atoms with van der Waals surface area (Å²) >= 11 is 0. The summed E-state index contributed by atoms with van der Waals surface area (Å²) in [7, 11) is 4.38. The fraction of sp³-hybridized carbons (Fsp3) is 0.647. The molecule has 0 radical (unpaired) electrons. The van der Waals surface area contributed by atoms with Gasteiger partial charge in [0.2, 0.25) is 0 Å². The quantitative estimate of drug-likeness (QED) is 0.728. The van der Waals surface area contributed by atoms with Gasteiger partial charge in [0.25, 0.3) is 0 Å². The topological polar surface area (TPSA) is 35.5 Å². The zero-order valence-electron chi connectivity index (χ0n) is 13.4. The number of anilines is 1. The molecule has 0 saturated heterocycles. The van der Waals surface area contributed by atoms with E-state index in [0.717, 1.165) is 12.1 Å². The maximum Gasteiger partial charge on any atom is 0.0604 e. The van der Waals surface area contributed by atoms with Gasteiger partial charge in [0, 0.05) is 17.8 Å². The van der Waals surface area contributed by atoms with E-state index in [-0.39, 0.29) is 12.1 Å². The number of hydrogen-bond donors (Lipinski definition) is 2. The van der Waals surface area contributed by atoms with Crippen LogP contribution in [0.25, 0.3) is 0 Å². The maximum absolute atomic E-state index is 8.82. The molecule has 3 heteroatoms. The number of aliphatic hydroxyl groups is 1. The SMILES string of the molecule is CCCC(CC)(Cc1ccc(NCCO)cc1)N(C)C. The van der Waals surface area contributed by atoms with E-state index in [0.29, 0.717) is 6.54 Å². The average molecular weight is 278 g/mol. The van der Waals surface area contributed by atoms with E-state index in [1.54, 1.807) is 0 Å². The van der Waals surface area contributed by atoms with Crippen molar-refractivity contribution in [3.8, 4) is 0 Å². The van der Waals surface area contributed by atoms with Gasteiger partial charge < -0.3 is 15.3 Å². The third-order valence-corrected chi connectivity index (χ3v) is 4.25. The van der Waals surface area contributed by atoms with Crippen LogP contribution < -0.4 is 5.32 Å². The molecule has 0 aliphatic rings. The number of nitrogens with zero attached hydrogens (tertiary/aromatic N) is 1. The number of nitrogens with one attached hydrogen (secondary N) is 1. The van der Waals surface area contributed by atoms with E-state index in [1.165, 1.54) is 24.8 Å². The second kappa shape index (κ2) is 8.28. The van der Waals surface area contributed by atoms with Crippen LogP contribution in [0.1, 0.15) is 38.7 Å². The summed E-state index contributed by atoms with van der Waals surface area (Å²) < 4.78 is 0. The second-order valence-electron chi connectivity index (χ2n) is 5.75. The summed E-state index contributed by atoms with van der Waals surface area (Å²) in [4.78, 5) is 2.38. The van der Waals surface area contributed by atoms with Crippen LogP contribution in [0.3, 0.4) is 0 Å². The minimum Gasteiger partial charge on any atom is -0.395 e. The van der Waals surface area contributed by atoms with Crippen LogP contribution in [-0.2, 0) is 6.42 Å². The summed E-state index contributed by atoms with van der Waals surface area (Å²) in [5.41, 5.74) is 2.71. The molecule has 20 heavy (non-hydrogen) atoms. The molecule has 0 saturated carbocycles. The Balaban J connectivity index is 2.78. The van der Waals surface area contributed by atoms with E-state index < -0.39 is 0 Å². The molecule has 0 heterocycles. The smallest absolute Gasteiger partial charge is 0.0604 e. The average Bonchev–Trinajstić information content (AvgIpc) is 2.45. The zero-order valence-corrected chi connectivity index (χ0v) is 13.4. The highest BCUT2D eigenvalue weighted by atomic mass is 16.3. The largest absolute Gasteiger partial charge is 0.395 e. The van der Waals surface area contributed by atoms with Gasteiger partial charge in [-0.25, -0.2) is 0 Å². The van der Waals surface area contributed by atoms with E-state index in [4.69, 9.17) is 5.11 Å². The molecule has 0 aliphatic heterocycles. The normalized spacial score (nSPS) is 14.3. The van der Waals surface area contributed by atoms with Gasteiger partial charge in [-0.05, 0) is 51.1 Å². The first-order valence-corrected chi connectivity index (χ1v) is 7.69. The van der Waals surface area contributed by atoms with Crippen LogP contribution in [0.2, 0.25) is 0 Å². The van der Waals surface area contributed by atoms with Crippen LogP contribution >= 0.6 is 0 Å². The van der Waals surface area contributed by atoms with Crippen molar-refractivity contribution in [2.45, 2.75) is 45.1 Å². The second-order valence-corrected chi connectivity index (χ2v) is 5.75. The van der Waals surface area contributed by atoms with Crippen molar-refractivity contribution in [1.82, 2.24) is 4.90 Å². The fourth-order valence-electron chi connectivity index (χ4n) is 2.87. The lowest BCUT2D eigenvalue weighted by Gasteiger charge is -2.39. The van der Waals surface area contributed by atoms with E-state index in [2.05, 4.69) is 62.4 Å². The maximum atomic E-state index is 8.82. The summed E-state index contributed by atoms with van der Waals surface area (Å²) in [5.74, 6) is 0. The first kappa shape index (κ1) is 17.0. The Morgan fingerprint density at radius 2 is 1.80 bits per heavy atom. The fourth-order valence-corrected chi connectivity index (χ4v) is 2.87. The van der Waals surface area contributed by atoms with E-state index in [9.17, 15) is 0 Å². The molecule has 2 N–H and O–H groups in total. The van der Waals surface area contributed by atoms with Crippen molar-refractivity contribution < 1.29 is 5.11 Å². The molecule has 1 aromatic rings. The molecule has 1 rings (SSSR count). The lowest BCUT2D eigenvalue weighted by atomic mass is 9.83. The van der Waals surface area contributed by atoms with Crippen LogP contribution in [-0.4, -0.2) is 42.8 Å². The summed E-state index contributed by atoms with van der Waals surface area (Å²) in [6, 6.07) is 8.60. The molecule has 1 unspecified atom stereocenters. The molecular weight excluding hydrogens is 248 g/mol. The van der Waals surface area contributed by atoms with Crippen LogP contribution in [0.5, 0.6) is 0 Å². The van der Waals surface area contributed by atoms with Gasteiger partial charge in [0.1, 0.15) is 0 Å². The third-order valence-electron chi connectivity index (χ3n) is 4.25. The minimum atomic E-state index is 0.165. The van der Waals surface area contributed by atoms with Gasteiger partial charge >= 0.3 is 0 Å². The molecule has 1 aromatic carbocycles. The highest BCUT2D eigenvalue weighted by Gasteiger charge is 2.29. The van der Waals surface area contributed by atoms with E-state index >= 15 is 0 Å². The van der Waals surface area contributed by atoms with E-state index in [1.807, 2.05) is 0 Å². The monoisotopic (exact) mass is 278 g/mol. The minimum absolute atomic E-state index is 0.165. The zero-order chi connectivity index (χ0) is 15.0. The van der Waals surface area contributed by atoms with Gasteiger partial charge in [-0.15, -0.1) is 0 Å². The highest BCUT2D eigenvalue weighted by Crippen LogP contribution is 2.28. The Labute approximate surface area is 124 Å². The van der Waals surface area contributed by atoms with Crippen molar-refractivity contribution >= 4 is 5.69 Å². The molecule has 0 amide bonds. The Morgan fingerprint density at radius 1 is 1.15 bits per heavy atom. The van der Waals surface area contributed by atoms with Gasteiger partial charge in [-0.3, -0.25) is 0 Å². The molecular formula is C17H30N2O. The van der Waals surface area contributed by atoms with Crippen molar-refractivity contribution in [2.24, 2.45) is 0 Å². The first-order chi connectivity index (χ1) is 9.57. The van der Waals surface area contributed by atoms with Crippen molar-refractivity contribution in [1.29, 1.82) is 0 Å². The predicted molar refractivity (Wildman–Crippen MR) is 87.3 cm³/mol. The van der Waals surface area contributed by atoms with Crippen LogP contribution in [0, 0.1) is 0 Å². The van der Waals surface area contributed by atoms with Crippen molar-refractivity contribution in [3.05, 3.63) is 29.8 Å². The van der Waals surface area contributed by atoms with Gasteiger partial charge in [-0.2, -0.15) is 0 Å². The lowest BCUT2D eigenvalue weighted by Crippen LogP contribution is -2.45. The Kier molecular flexibility index (Phi) is 7.03. The molecule has 0 fully saturated rings. The van der Waals surface area contributed by atoms with Crippen LogP contribution in [0.15, 0.2) is 24.3 Å². The molecule has 0 aliphatic carbocycles. The summed E-state index contributed by atoms with van der Waals surface area (Å²) in [6.45, 7) is 5.31.